The monoisotopic (exact) mass is 373 g/mol. The molecule has 1 atom stereocenters. The smallest absolute Gasteiger partial charge is 0.407 e. The fraction of sp³-hybridized carbons (Fsp3) is 0.208. The maximum Gasteiger partial charge on any atom is 0.407 e. The summed E-state index contributed by atoms with van der Waals surface area (Å²) in [6.45, 7) is 2.37. The number of fused-ring (bicyclic) bond motifs is 3. The van der Waals surface area contributed by atoms with Gasteiger partial charge in [0, 0.05) is 5.92 Å². The molecular formula is C24H23NO3. The van der Waals surface area contributed by atoms with Gasteiger partial charge < -0.3 is 15.2 Å². The van der Waals surface area contributed by atoms with Gasteiger partial charge in [-0.25, -0.2) is 4.79 Å². The van der Waals surface area contributed by atoms with Crippen molar-refractivity contribution in [2.75, 3.05) is 13.2 Å². The van der Waals surface area contributed by atoms with Crippen LogP contribution in [0, 0.1) is 6.92 Å². The van der Waals surface area contributed by atoms with Crippen molar-refractivity contribution in [2.24, 2.45) is 0 Å². The summed E-state index contributed by atoms with van der Waals surface area (Å²) in [6, 6.07) is 24.0. The molecule has 4 rings (SSSR count). The summed E-state index contributed by atoms with van der Waals surface area (Å²) in [5.74, 6) is 0.0279. The summed E-state index contributed by atoms with van der Waals surface area (Å²) < 4.78 is 5.48. The van der Waals surface area contributed by atoms with E-state index in [2.05, 4.69) is 29.6 Å². The minimum Gasteiger partial charge on any atom is -0.449 e. The average molecular weight is 373 g/mol. The molecule has 0 spiro atoms. The number of nitrogens with one attached hydrogen (secondary N) is 1. The van der Waals surface area contributed by atoms with E-state index in [1.165, 1.54) is 22.3 Å². The van der Waals surface area contributed by atoms with Gasteiger partial charge in [-0.05, 0) is 34.7 Å². The molecule has 4 nitrogen and oxygen atoms in total. The van der Waals surface area contributed by atoms with Crippen molar-refractivity contribution in [1.29, 1.82) is 0 Å². The van der Waals surface area contributed by atoms with E-state index in [9.17, 15) is 9.90 Å². The highest BCUT2D eigenvalue weighted by atomic mass is 16.5. The molecule has 4 heteroatoms. The second-order valence-electron chi connectivity index (χ2n) is 7.13. The Labute approximate surface area is 164 Å². The van der Waals surface area contributed by atoms with E-state index in [1.807, 2.05) is 55.5 Å². The van der Waals surface area contributed by atoms with Crippen molar-refractivity contribution in [3.05, 3.63) is 95.1 Å². The van der Waals surface area contributed by atoms with Crippen molar-refractivity contribution in [3.8, 4) is 11.1 Å². The lowest BCUT2D eigenvalue weighted by molar-refractivity contribution is 0.128. The zero-order valence-corrected chi connectivity index (χ0v) is 15.8. The minimum atomic E-state index is -0.763. The highest BCUT2D eigenvalue weighted by molar-refractivity contribution is 5.79. The standard InChI is InChI=1S/C24H23NO3/c1-16-10-12-17(13-11-16)23(26)14-25-24(27)28-15-22-20-8-4-2-6-18(20)19-7-3-5-9-21(19)22/h2-13,22-23,26H,14-15H2,1H3,(H,25,27)/t23-/m1/s1. The molecule has 3 aromatic rings. The fourth-order valence-electron chi connectivity index (χ4n) is 3.74. The van der Waals surface area contributed by atoms with Gasteiger partial charge in [0.05, 0.1) is 12.6 Å². The fourth-order valence-corrected chi connectivity index (χ4v) is 3.74. The molecule has 3 aromatic carbocycles. The molecule has 0 saturated heterocycles. The summed E-state index contributed by atoms with van der Waals surface area (Å²) in [5, 5.41) is 12.9. The number of carbonyl (C=O) groups is 1. The van der Waals surface area contributed by atoms with Gasteiger partial charge in [0.2, 0.25) is 0 Å². The Hall–Kier alpha value is -3.11. The van der Waals surface area contributed by atoms with Crippen LogP contribution in [0.4, 0.5) is 4.79 Å². The van der Waals surface area contributed by atoms with Crippen LogP contribution in [0.3, 0.4) is 0 Å². The van der Waals surface area contributed by atoms with E-state index >= 15 is 0 Å². The second-order valence-corrected chi connectivity index (χ2v) is 7.13. The van der Waals surface area contributed by atoms with Crippen molar-refractivity contribution in [1.82, 2.24) is 5.32 Å². The molecule has 0 radical (unpaired) electrons. The molecule has 2 N–H and O–H groups in total. The van der Waals surface area contributed by atoms with Gasteiger partial charge in [0.1, 0.15) is 6.61 Å². The minimum absolute atomic E-state index is 0.0279. The van der Waals surface area contributed by atoms with Gasteiger partial charge in [-0.2, -0.15) is 0 Å². The Morgan fingerprint density at radius 1 is 0.964 bits per heavy atom. The first-order valence-electron chi connectivity index (χ1n) is 9.47. The molecule has 1 aliphatic rings. The Morgan fingerprint density at radius 2 is 1.54 bits per heavy atom. The van der Waals surface area contributed by atoms with Crippen LogP contribution >= 0.6 is 0 Å². The maximum atomic E-state index is 12.2. The first-order valence-corrected chi connectivity index (χ1v) is 9.47. The third-order valence-electron chi connectivity index (χ3n) is 5.25. The largest absolute Gasteiger partial charge is 0.449 e. The van der Waals surface area contributed by atoms with Gasteiger partial charge >= 0.3 is 6.09 Å². The van der Waals surface area contributed by atoms with Gasteiger partial charge in [-0.15, -0.1) is 0 Å². The van der Waals surface area contributed by atoms with Crippen LogP contribution < -0.4 is 5.32 Å². The second kappa shape index (κ2) is 7.87. The molecular weight excluding hydrogens is 350 g/mol. The van der Waals surface area contributed by atoms with Crippen molar-refractivity contribution in [3.63, 3.8) is 0 Å². The summed E-state index contributed by atoms with van der Waals surface area (Å²) >= 11 is 0. The lowest BCUT2D eigenvalue weighted by Crippen LogP contribution is -2.30. The van der Waals surface area contributed by atoms with E-state index in [1.54, 1.807) is 0 Å². The molecule has 1 aliphatic carbocycles. The molecule has 0 unspecified atom stereocenters. The predicted molar refractivity (Wildman–Crippen MR) is 109 cm³/mol. The number of ether oxygens (including phenoxy) is 1. The zero-order valence-electron chi connectivity index (χ0n) is 15.8. The number of hydrogen-bond donors (Lipinski definition) is 2. The average Bonchev–Trinajstić information content (AvgIpc) is 3.05. The molecule has 0 saturated carbocycles. The lowest BCUT2D eigenvalue weighted by atomic mass is 9.98. The first kappa shape index (κ1) is 18.3. The van der Waals surface area contributed by atoms with E-state index in [0.29, 0.717) is 0 Å². The third-order valence-corrected chi connectivity index (χ3v) is 5.25. The SMILES string of the molecule is Cc1ccc([C@H](O)CNC(=O)OCC2c3ccccc3-c3ccccc32)cc1. The van der Waals surface area contributed by atoms with Crippen LogP contribution in [0.25, 0.3) is 11.1 Å². The van der Waals surface area contributed by atoms with E-state index in [4.69, 9.17) is 4.74 Å². The third kappa shape index (κ3) is 3.64. The van der Waals surface area contributed by atoms with Gasteiger partial charge in [0.15, 0.2) is 0 Å². The number of benzene rings is 3. The predicted octanol–water partition coefficient (Wildman–Crippen LogP) is 4.57. The number of amides is 1. The molecule has 0 aliphatic heterocycles. The summed E-state index contributed by atoms with van der Waals surface area (Å²) in [5.41, 5.74) is 6.64. The quantitative estimate of drug-likeness (QED) is 0.689. The van der Waals surface area contributed by atoms with Crippen molar-refractivity contribution in [2.45, 2.75) is 18.9 Å². The van der Waals surface area contributed by atoms with Crippen LogP contribution in [0.2, 0.25) is 0 Å². The topological polar surface area (TPSA) is 58.6 Å². The number of alkyl carbamates (subject to hydrolysis) is 1. The number of carbonyl (C=O) groups excluding carboxylic acids is 1. The van der Waals surface area contributed by atoms with E-state index in [-0.39, 0.29) is 19.1 Å². The summed E-state index contributed by atoms with van der Waals surface area (Å²) in [4.78, 5) is 12.2. The Morgan fingerprint density at radius 3 is 2.14 bits per heavy atom. The number of aliphatic hydroxyl groups excluding tert-OH is 1. The van der Waals surface area contributed by atoms with Crippen molar-refractivity contribution < 1.29 is 14.6 Å². The lowest BCUT2D eigenvalue weighted by Gasteiger charge is -2.16. The summed E-state index contributed by atoms with van der Waals surface area (Å²) in [7, 11) is 0. The summed E-state index contributed by atoms with van der Waals surface area (Å²) in [6.07, 6.45) is -1.28. The van der Waals surface area contributed by atoms with Crippen LogP contribution in [0.1, 0.15) is 34.3 Å². The van der Waals surface area contributed by atoms with Gasteiger partial charge in [-0.3, -0.25) is 0 Å². The van der Waals surface area contributed by atoms with Crippen LogP contribution in [0.15, 0.2) is 72.8 Å². The Kier molecular flexibility index (Phi) is 5.13. The van der Waals surface area contributed by atoms with Crippen molar-refractivity contribution >= 4 is 6.09 Å². The number of rotatable bonds is 5. The van der Waals surface area contributed by atoms with Crippen LogP contribution in [0.5, 0.6) is 0 Å². The molecule has 0 bridgehead atoms. The maximum absolute atomic E-state index is 12.2. The van der Waals surface area contributed by atoms with Crippen LogP contribution in [-0.2, 0) is 4.74 Å². The molecule has 1 amide bonds. The molecule has 0 heterocycles. The number of aliphatic hydroxyl groups is 1. The Balaban J connectivity index is 1.37. The molecule has 0 fully saturated rings. The van der Waals surface area contributed by atoms with Crippen LogP contribution in [-0.4, -0.2) is 24.4 Å². The van der Waals surface area contributed by atoms with Gasteiger partial charge in [0.25, 0.3) is 0 Å². The van der Waals surface area contributed by atoms with E-state index in [0.717, 1.165) is 11.1 Å². The highest BCUT2D eigenvalue weighted by Gasteiger charge is 2.29. The highest BCUT2D eigenvalue weighted by Crippen LogP contribution is 2.44. The molecule has 28 heavy (non-hydrogen) atoms. The Bertz CT molecular complexity index is 936. The molecule has 142 valence electrons. The van der Waals surface area contributed by atoms with Gasteiger partial charge in [-0.1, -0.05) is 78.4 Å². The van der Waals surface area contributed by atoms with E-state index < -0.39 is 12.2 Å². The molecule has 0 aromatic heterocycles. The zero-order chi connectivity index (χ0) is 19.5. The number of aryl methyl sites for hydroxylation is 1. The number of hydrogen-bond acceptors (Lipinski definition) is 3. The normalized spacial score (nSPS) is 13.5. The first-order chi connectivity index (χ1) is 13.6.